The van der Waals surface area contributed by atoms with Crippen molar-refractivity contribution in [1.82, 2.24) is 0 Å². The van der Waals surface area contributed by atoms with E-state index >= 15 is 0 Å². The highest BCUT2D eigenvalue weighted by Crippen LogP contribution is 2.42. The number of carbonyl (C=O) groups excluding carboxylic acids is 2. The van der Waals surface area contributed by atoms with Crippen LogP contribution in [-0.2, 0) is 9.59 Å². The van der Waals surface area contributed by atoms with Crippen molar-refractivity contribution in [3.8, 4) is 0 Å². The fraction of sp³-hybridized carbons (Fsp3) is 0.259. The number of rotatable bonds is 7. The van der Waals surface area contributed by atoms with Crippen LogP contribution >= 0.6 is 11.8 Å². The van der Waals surface area contributed by atoms with Gasteiger partial charge in [0.25, 0.3) is 0 Å². The zero-order chi connectivity index (χ0) is 23.4. The van der Waals surface area contributed by atoms with Gasteiger partial charge in [-0.2, -0.15) is 0 Å². The lowest BCUT2D eigenvalue weighted by Crippen LogP contribution is -2.28. The summed E-state index contributed by atoms with van der Waals surface area (Å²) in [5.74, 6) is 0.297. The van der Waals surface area contributed by atoms with Gasteiger partial charge in [-0.3, -0.25) is 14.5 Å². The maximum absolute atomic E-state index is 13.0. The molecule has 0 bridgehead atoms. The highest BCUT2D eigenvalue weighted by molar-refractivity contribution is 8.00. The number of amides is 2. The SMILES string of the molecule is CC[C@H](C(=O)Nc1cccc([C@H]2SCC(=O)N2c2ccc(N(C)C)cc2)c1)c1ccccc1. The Morgan fingerprint density at radius 1 is 1.06 bits per heavy atom. The third kappa shape index (κ3) is 5.06. The molecule has 0 aliphatic carbocycles. The molecule has 1 saturated heterocycles. The minimum atomic E-state index is -0.205. The molecule has 6 heteroatoms. The smallest absolute Gasteiger partial charge is 0.238 e. The lowest BCUT2D eigenvalue weighted by Gasteiger charge is -2.25. The minimum absolute atomic E-state index is 0.0212. The van der Waals surface area contributed by atoms with Crippen LogP contribution in [0.3, 0.4) is 0 Å². The van der Waals surface area contributed by atoms with Crippen molar-refractivity contribution < 1.29 is 9.59 Å². The van der Waals surface area contributed by atoms with Crippen LogP contribution in [0.4, 0.5) is 17.1 Å². The second kappa shape index (κ2) is 10.1. The molecule has 0 spiro atoms. The summed E-state index contributed by atoms with van der Waals surface area (Å²) in [5.41, 5.74) is 4.72. The summed E-state index contributed by atoms with van der Waals surface area (Å²) in [4.78, 5) is 29.7. The third-order valence-electron chi connectivity index (χ3n) is 5.88. The molecule has 1 aliphatic heterocycles. The van der Waals surface area contributed by atoms with E-state index in [1.54, 1.807) is 11.8 Å². The normalized spacial score (nSPS) is 16.5. The molecule has 4 rings (SSSR count). The van der Waals surface area contributed by atoms with E-state index in [2.05, 4.69) is 5.32 Å². The molecule has 1 fully saturated rings. The highest BCUT2D eigenvalue weighted by Gasteiger charge is 2.34. The molecule has 0 aromatic heterocycles. The second-order valence-electron chi connectivity index (χ2n) is 8.32. The number of anilines is 3. The summed E-state index contributed by atoms with van der Waals surface area (Å²) >= 11 is 1.61. The highest BCUT2D eigenvalue weighted by atomic mass is 32.2. The Hall–Kier alpha value is -3.25. The van der Waals surface area contributed by atoms with Crippen molar-refractivity contribution in [2.24, 2.45) is 0 Å². The van der Waals surface area contributed by atoms with Gasteiger partial charge in [-0.25, -0.2) is 0 Å². The van der Waals surface area contributed by atoms with Crippen molar-refractivity contribution in [2.75, 3.05) is 35.0 Å². The van der Waals surface area contributed by atoms with Crippen LogP contribution in [-0.4, -0.2) is 31.7 Å². The molecule has 1 heterocycles. The van der Waals surface area contributed by atoms with Gasteiger partial charge in [0.2, 0.25) is 11.8 Å². The van der Waals surface area contributed by atoms with E-state index in [0.717, 1.165) is 34.6 Å². The monoisotopic (exact) mass is 459 g/mol. The molecule has 3 aromatic carbocycles. The average molecular weight is 460 g/mol. The van der Waals surface area contributed by atoms with Gasteiger partial charge in [0.15, 0.2) is 0 Å². The lowest BCUT2D eigenvalue weighted by atomic mass is 9.95. The van der Waals surface area contributed by atoms with Gasteiger partial charge in [0.05, 0.1) is 11.7 Å². The molecule has 33 heavy (non-hydrogen) atoms. The Labute approximate surface area is 199 Å². The van der Waals surface area contributed by atoms with Crippen LogP contribution in [0.2, 0.25) is 0 Å². The average Bonchev–Trinajstić information content (AvgIpc) is 3.22. The van der Waals surface area contributed by atoms with Gasteiger partial charge >= 0.3 is 0 Å². The van der Waals surface area contributed by atoms with E-state index < -0.39 is 0 Å². The summed E-state index contributed by atoms with van der Waals surface area (Å²) in [6.45, 7) is 2.02. The van der Waals surface area contributed by atoms with Crippen LogP contribution in [0.25, 0.3) is 0 Å². The van der Waals surface area contributed by atoms with Crippen LogP contribution in [0.1, 0.15) is 35.8 Å². The van der Waals surface area contributed by atoms with Crippen LogP contribution in [0.5, 0.6) is 0 Å². The van der Waals surface area contributed by atoms with Crippen molar-refractivity contribution in [3.05, 3.63) is 90.0 Å². The Morgan fingerprint density at radius 3 is 2.45 bits per heavy atom. The molecule has 0 radical (unpaired) electrons. The van der Waals surface area contributed by atoms with E-state index in [1.807, 2.05) is 110 Å². The number of benzene rings is 3. The molecule has 1 aliphatic rings. The van der Waals surface area contributed by atoms with E-state index in [4.69, 9.17) is 0 Å². The first-order chi connectivity index (χ1) is 16.0. The fourth-order valence-electron chi connectivity index (χ4n) is 4.12. The van der Waals surface area contributed by atoms with Crippen LogP contribution < -0.4 is 15.1 Å². The largest absolute Gasteiger partial charge is 0.378 e. The molecular weight excluding hydrogens is 430 g/mol. The Balaban J connectivity index is 1.55. The fourth-order valence-corrected chi connectivity index (χ4v) is 5.29. The van der Waals surface area contributed by atoms with Gasteiger partial charge < -0.3 is 10.2 Å². The zero-order valence-electron chi connectivity index (χ0n) is 19.2. The van der Waals surface area contributed by atoms with Crippen molar-refractivity contribution in [1.29, 1.82) is 0 Å². The van der Waals surface area contributed by atoms with Gasteiger partial charge in [-0.1, -0.05) is 49.4 Å². The standard InChI is InChI=1S/C27H29N3O2S/c1-4-24(19-9-6-5-7-10-19)26(32)28-21-12-8-11-20(17-21)27-30(25(31)18-33-27)23-15-13-22(14-16-23)29(2)3/h5-17,24,27H,4,18H2,1-3H3,(H,28,32)/t24-,27+/m0/s1. The maximum atomic E-state index is 13.0. The zero-order valence-corrected chi connectivity index (χ0v) is 20.0. The van der Waals surface area contributed by atoms with E-state index in [0.29, 0.717) is 5.75 Å². The minimum Gasteiger partial charge on any atom is -0.378 e. The van der Waals surface area contributed by atoms with E-state index in [-0.39, 0.29) is 23.1 Å². The first kappa shape index (κ1) is 22.9. The van der Waals surface area contributed by atoms with Crippen molar-refractivity contribution >= 4 is 40.6 Å². The summed E-state index contributed by atoms with van der Waals surface area (Å²) in [7, 11) is 3.99. The number of carbonyl (C=O) groups is 2. The summed E-state index contributed by atoms with van der Waals surface area (Å²) in [6, 6.07) is 25.7. The maximum Gasteiger partial charge on any atom is 0.238 e. The second-order valence-corrected chi connectivity index (χ2v) is 9.39. The summed E-state index contributed by atoms with van der Waals surface area (Å²) < 4.78 is 0. The number of thioether (sulfide) groups is 1. The number of hydrogen-bond donors (Lipinski definition) is 1. The summed E-state index contributed by atoms with van der Waals surface area (Å²) in [6.07, 6.45) is 0.721. The topological polar surface area (TPSA) is 52.7 Å². The Kier molecular flexibility index (Phi) is 7.04. The van der Waals surface area contributed by atoms with Gasteiger partial charge in [0, 0.05) is 31.2 Å². The van der Waals surface area contributed by atoms with E-state index in [1.165, 1.54) is 0 Å². The molecule has 2 atom stereocenters. The quantitative estimate of drug-likeness (QED) is 0.495. The Bertz CT molecular complexity index is 1120. The molecule has 3 aromatic rings. The molecule has 1 N–H and O–H groups in total. The lowest BCUT2D eigenvalue weighted by molar-refractivity contribution is -0.118. The van der Waals surface area contributed by atoms with E-state index in [9.17, 15) is 9.59 Å². The van der Waals surface area contributed by atoms with Gasteiger partial charge in [-0.15, -0.1) is 11.8 Å². The first-order valence-corrected chi connectivity index (χ1v) is 12.2. The van der Waals surface area contributed by atoms with Gasteiger partial charge in [-0.05, 0) is 53.9 Å². The van der Waals surface area contributed by atoms with Crippen molar-refractivity contribution in [3.63, 3.8) is 0 Å². The number of nitrogens with zero attached hydrogens (tertiary/aromatic N) is 2. The summed E-state index contributed by atoms with van der Waals surface area (Å²) in [5, 5.41) is 2.95. The van der Waals surface area contributed by atoms with Crippen LogP contribution in [0.15, 0.2) is 78.9 Å². The Morgan fingerprint density at radius 2 is 1.79 bits per heavy atom. The molecule has 2 amide bonds. The van der Waals surface area contributed by atoms with Crippen LogP contribution in [0, 0.1) is 0 Å². The molecule has 5 nitrogen and oxygen atoms in total. The van der Waals surface area contributed by atoms with Crippen molar-refractivity contribution in [2.45, 2.75) is 24.6 Å². The predicted octanol–water partition coefficient (Wildman–Crippen LogP) is 5.66. The first-order valence-electron chi connectivity index (χ1n) is 11.1. The number of nitrogens with one attached hydrogen (secondary N) is 1. The number of hydrogen-bond acceptors (Lipinski definition) is 4. The molecule has 0 saturated carbocycles. The third-order valence-corrected chi connectivity index (χ3v) is 7.09. The molecule has 170 valence electrons. The molecular formula is C27H29N3O2S. The van der Waals surface area contributed by atoms with Gasteiger partial charge in [0.1, 0.15) is 5.37 Å². The molecule has 0 unspecified atom stereocenters. The predicted molar refractivity (Wildman–Crippen MR) is 138 cm³/mol.